The third-order valence-corrected chi connectivity index (χ3v) is 3.30. The molecule has 0 fully saturated rings. The number of imidazole rings is 1. The Bertz CT molecular complexity index is 765. The molecule has 2 amide bonds. The molecule has 0 saturated heterocycles. The van der Waals surface area contributed by atoms with Crippen molar-refractivity contribution in [1.82, 2.24) is 9.55 Å². The molecule has 2 heterocycles. The maximum Gasteiger partial charge on any atom is 0.354 e. The van der Waals surface area contributed by atoms with E-state index in [1.54, 1.807) is 28.8 Å². The molecule has 0 spiro atoms. The van der Waals surface area contributed by atoms with Crippen molar-refractivity contribution in [2.24, 2.45) is 4.99 Å². The van der Waals surface area contributed by atoms with Crippen LogP contribution in [0.15, 0.2) is 41.7 Å². The van der Waals surface area contributed by atoms with Gasteiger partial charge in [-0.2, -0.15) is 4.99 Å². The minimum atomic E-state index is -0.553. The Labute approximate surface area is 126 Å². The highest BCUT2D eigenvalue weighted by Crippen LogP contribution is 2.23. The Morgan fingerprint density at radius 1 is 1.27 bits per heavy atom. The van der Waals surface area contributed by atoms with Crippen LogP contribution in [0.3, 0.4) is 0 Å². The van der Waals surface area contributed by atoms with Gasteiger partial charge in [0.1, 0.15) is 17.2 Å². The van der Waals surface area contributed by atoms with E-state index < -0.39 is 6.03 Å². The lowest BCUT2D eigenvalue weighted by Gasteiger charge is -2.14. The highest BCUT2D eigenvalue weighted by Gasteiger charge is 2.34. The Balaban J connectivity index is 1.96. The molecule has 22 heavy (non-hydrogen) atoms. The Morgan fingerprint density at radius 2 is 2.00 bits per heavy atom. The summed E-state index contributed by atoms with van der Waals surface area (Å²) in [6.45, 7) is 0.203. The number of nitrogens with two attached hydrogens (primary N) is 1. The quantitative estimate of drug-likeness (QED) is 0.775. The van der Waals surface area contributed by atoms with E-state index in [0.717, 1.165) is 0 Å². The molecule has 1 aromatic carbocycles. The number of amidine groups is 1. The molecule has 3 rings (SSSR count). The number of benzene rings is 1. The van der Waals surface area contributed by atoms with E-state index in [4.69, 9.17) is 16.2 Å². The fraction of sp³-hybridized carbons (Fsp3) is 0.143. The smallest absolute Gasteiger partial charge is 0.354 e. The maximum atomic E-state index is 12.1. The van der Waals surface area contributed by atoms with Crippen LogP contribution < -0.4 is 10.6 Å². The van der Waals surface area contributed by atoms with Crippen LogP contribution in [0.2, 0.25) is 0 Å². The number of hydrogen-bond donors (Lipinski definition) is 3. The Hall–Kier alpha value is -3.00. The van der Waals surface area contributed by atoms with Crippen LogP contribution in [0.4, 0.5) is 16.3 Å². The molecule has 4 N–H and O–H groups in total. The molecule has 8 nitrogen and oxygen atoms in total. The van der Waals surface area contributed by atoms with E-state index in [2.05, 4.69) is 9.98 Å². The van der Waals surface area contributed by atoms with Crippen molar-refractivity contribution in [1.29, 1.82) is 5.41 Å². The Kier molecular flexibility index (Phi) is 3.43. The van der Waals surface area contributed by atoms with Gasteiger partial charge < -0.3 is 15.4 Å². The first-order valence-corrected chi connectivity index (χ1v) is 6.62. The number of aromatic nitrogens is 2. The molecular formula is C14H14N6O2. The van der Waals surface area contributed by atoms with Gasteiger partial charge in [0.15, 0.2) is 5.84 Å². The van der Waals surface area contributed by atoms with Crippen molar-refractivity contribution in [3.63, 3.8) is 0 Å². The van der Waals surface area contributed by atoms with Gasteiger partial charge in [0.25, 0.3) is 0 Å². The van der Waals surface area contributed by atoms with E-state index in [1.807, 2.05) is 6.07 Å². The zero-order valence-electron chi connectivity index (χ0n) is 11.6. The molecule has 1 aliphatic rings. The van der Waals surface area contributed by atoms with Gasteiger partial charge in [-0.05, 0) is 12.1 Å². The van der Waals surface area contributed by atoms with Crippen LogP contribution in [0.1, 0.15) is 5.69 Å². The van der Waals surface area contributed by atoms with Crippen LogP contribution in [0.25, 0.3) is 0 Å². The first kappa shape index (κ1) is 14.0. The summed E-state index contributed by atoms with van der Waals surface area (Å²) in [6, 6.07) is 8.26. The number of aliphatic hydroxyl groups is 1. The second-order valence-corrected chi connectivity index (χ2v) is 4.66. The molecule has 112 valence electrons. The van der Waals surface area contributed by atoms with Crippen molar-refractivity contribution in [3.05, 3.63) is 42.4 Å². The first-order valence-electron chi connectivity index (χ1n) is 6.62. The number of carbonyl (C=O) groups is 1. The molecule has 0 unspecified atom stereocenters. The van der Waals surface area contributed by atoms with E-state index in [-0.39, 0.29) is 36.2 Å². The van der Waals surface area contributed by atoms with Crippen molar-refractivity contribution in [2.45, 2.75) is 6.54 Å². The van der Waals surface area contributed by atoms with Crippen LogP contribution in [0, 0.1) is 5.41 Å². The van der Waals surface area contributed by atoms with E-state index in [0.29, 0.717) is 5.69 Å². The zero-order chi connectivity index (χ0) is 15.7. The number of rotatable bonds is 4. The second kappa shape index (κ2) is 5.41. The average molecular weight is 298 g/mol. The molecule has 0 atom stereocenters. The average Bonchev–Trinajstić information content (AvgIpc) is 3.01. The fourth-order valence-electron chi connectivity index (χ4n) is 2.24. The SMILES string of the molecule is N=C1C(c2ncn(CCO)c2N)=NC(=O)N1c1ccccc1. The van der Waals surface area contributed by atoms with E-state index in [9.17, 15) is 4.79 Å². The molecule has 0 aliphatic carbocycles. The lowest BCUT2D eigenvalue weighted by Crippen LogP contribution is -2.32. The summed E-state index contributed by atoms with van der Waals surface area (Å²) < 4.78 is 1.54. The summed E-state index contributed by atoms with van der Waals surface area (Å²) in [5.74, 6) is 0.192. The van der Waals surface area contributed by atoms with Gasteiger partial charge in [-0.1, -0.05) is 18.2 Å². The number of aliphatic imine (C=N–C) groups is 1. The number of nitrogens with one attached hydrogen (secondary N) is 1. The molecule has 1 aromatic heterocycles. The number of aliphatic hydroxyl groups excluding tert-OH is 1. The largest absolute Gasteiger partial charge is 0.395 e. The highest BCUT2D eigenvalue weighted by molar-refractivity contribution is 6.59. The number of nitrogen functional groups attached to an aromatic ring is 1. The summed E-state index contributed by atoms with van der Waals surface area (Å²) in [5, 5.41) is 17.2. The summed E-state index contributed by atoms with van der Waals surface area (Å²) >= 11 is 0. The number of amides is 2. The molecule has 0 radical (unpaired) electrons. The van der Waals surface area contributed by atoms with Gasteiger partial charge in [0.05, 0.1) is 18.6 Å². The Morgan fingerprint density at radius 3 is 2.68 bits per heavy atom. The number of anilines is 2. The molecule has 0 saturated carbocycles. The van der Waals surface area contributed by atoms with Crippen LogP contribution in [0.5, 0.6) is 0 Å². The van der Waals surface area contributed by atoms with Crippen LogP contribution in [-0.2, 0) is 6.54 Å². The first-order chi connectivity index (χ1) is 10.6. The van der Waals surface area contributed by atoms with Crippen molar-refractivity contribution >= 4 is 29.1 Å². The van der Waals surface area contributed by atoms with Gasteiger partial charge >= 0.3 is 6.03 Å². The van der Waals surface area contributed by atoms with Crippen molar-refractivity contribution in [3.8, 4) is 0 Å². The third-order valence-electron chi connectivity index (χ3n) is 3.30. The molecule has 8 heteroatoms. The molecular weight excluding hydrogens is 284 g/mol. The predicted molar refractivity (Wildman–Crippen MR) is 82.3 cm³/mol. The maximum absolute atomic E-state index is 12.1. The number of nitrogens with zero attached hydrogens (tertiary/aromatic N) is 4. The second-order valence-electron chi connectivity index (χ2n) is 4.66. The standard InChI is InChI=1S/C14H14N6O2/c15-12-10(17-8-19(12)6-7-21)11-13(16)20(14(22)18-11)9-4-2-1-3-5-9/h1-5,8,16,21H,6-7,15H2. The summed E-state index contributed by atoms with van der Waals surface area (Å²) in [7, 11) is 0. The zero-order valence-corrected chi connectivity index (χ0v) is 11.6. The topological polar surface area (TPSA) is 121 Å². The summed E-state index contributed by atoms with van der Waals surface area (Å²) in [6.07, 6.45) is 1.45. The van der Waals surface area contributed by atoms with Crippen LogP contribution in [-0.4, -0.2) is 38.8 Å². The molecule has 1 aliphatic heterocycles. The van der Waals surface area contributed by atoms with E-state index in [1.165, 1.54) is 11.2 Å². The molecule has 2 aromatic rings. The lowest BCUT2D eigenvalue weighted by atomic mass is 10.2. The van der Waals surface area contributed by atoms with Gasteiger partial charge in [-0.3, -0.25) is 5.41 Å². The molecule has 0 bridgehead atoms. The van der Waals surface area contributed by atoms with Crippen molar-refractivity contribution < 1.29 is 9.90 Å². The normalized spacial score (nSPS) is 14.6. The fourth-order valence-corrected chi connectivity index (χ4v) is 2.24. The third kappa shape index (κ3) is 2.15. The predicted octanol–water partition coefficient (Wildman–Crippen LogP) is 0.864. The number of carbonyl (C=O) groups excluding carboxylic acids is 1. The van der Waals surface area contributed by atoms with E-state index >= 15 is 0 Å². The van der Waals surface area contributed by atoms with Crippen LogP contribution >= 0.6 is 0 Å². The van der Waals surface area contributed by atoms with Gasteiger partial charge in [0.2, 0.25) is 0 Å². The number of para-hydroxylation sites is 1. The highest BCUT2D eigenvalue weighted by atomic mass is 16.3. The summed E-state index contributed by atoms with van der Waals surface area (Å²) in [5.41, 5.74) is 6.90. The number of urea groups is 1. The minimum Gasteiger partial charge on any atom is -0.395 e. The lowest BCUT2D eigenvalue weighted by molar-refractivity contribution is 0.257. The van der Waals surface area contributed by atoms with Gasteiger partial charge in [-0.15, -0.1) is 0 Å². The van der Waals surface area contributed by atoms with Gasteiger partial charge in [0, 0.05) is 6.54 Å². The van der Waals surface area contributed by atoms with Crippen molar-refractivity contribution in [2.75, 3.05) is 17.2 Å². The monoisotopic (exact) mass is 298 g/mol. The number of hydrogen-bond acceptors (Lipinski definition) is 5. The van der Waals surface area contributed by atoms with Gasteiger partial charge in [-0.25, -0.2) is 14.7 Å². The minimum absolute atomic E-state index is 0.0721. The summed E-state index contributed by atoms with van der Waals surface area (Å²) in [4.78, 5) is 21.3.